The second-order valence-corrected chi connectivity index (χ2v) is 6.83. The van der Waals surface area contributed by atoms with E-state index in [9.17, 15) is 9.50 Å². The molecule has 1 aliphatic heterocycles. The molecule has 0 fully saturated rings. The summed E-state index contributed by atoms with van der Waals surface area (Å²) >= 11 is 0. The fraction of sp³-hybridized carbons (Fsp3) is 0.286. The molecule has 0 saturated heterocycles. The first-order valence-corrected chi connectivity index (χ1v) is 8.95. The monoisotopic (exact) mass is 351 g/mol. The van der Waals surface area contributed by atoms with Crippen LogP contribution in [0.25, 0.3) is 11.3 Å². The smallest absolute Gasteiger partial charge is 0.165 e. The van der Waals surface area contributed by atoms with Crippen LogP contribution in [0.4, 0.5) is 4.39 Å². The summed E-state index contributed by atoms with van der Waals surface area (Å²) in [5, 5.41) is 17.7. The SMILES string of the molecule is Cc1ccc(-c2c3c(nn2Cc2ccc(O)c(F)c2)CCNCC3)cc1. The van der Waals surface area contributed by atoms with Gasteiger partial charge >= 0.3 is 0 Å². The molecule has 0 spiro atoms. The standard InChI is InChI=1S/C21H22FN3O/c1-14-2-5-16(6-3-14)21-17-8-10-23-11-9-19(17)24-25(21)13-15-4-7-20(26)18(22)12-15/h2-7,12,23,26H,8-11,13H2,1H3. The lowest BCUT2D eigenvalue weighted by atomic mass is 10.0. The second kappa shape index (κ2) is 6.92. The van der Waals surface area contributed by atoms with Crippen LogP contribution in [-0.4, -0.2) is 28.0 Å². The number of phenols is 1. The van der Waals surface area contributed by atoms with Gasteiger partial charge in [-0.05, 0) is 37.6 Å². The highest BCUT2D eigenvalue weighted by Crippen LogP contribution is 2.29. The van der Waals surface area contributed by atoms with Crippen molar-refractivity contribution >= 4 is 0 Å². The molecule has 0 atom stereocenters. The summed E-state index contributed by atoms with van der Waals surface area (Å²) in [4.78, 5) is 0. The Hall–Kier alpha value is -2.66. The third-order valence-corrected chi connectivity index (χ3v) is 4.89. The van der Waals surface area contributed by atoms with Gasteiger partial charge < -0.3 is 10.4 Å². The van der Waals surface area contributed by atoms with E-state index in [0.29, 0.717) is 6.54 Å². The number of aromatic nitrogens is 2. The fourth-order valence-electron chi connectivity index (χ4n) is 3.53. The molecule has 1 aliphatic rings. The molecule has 2 N–H and O–H groups in total. The Morgan fingerprint density at radius 2 is 1.88 bits per heavy atom. The molecule has 2 aromatic carbocycles. The minimum atomic E-state index is -0.600. The summed E-state index contributed by atoms with van der Waals surface area (Å²) in [6, 6.07) is 13.0. The zero-order chi connectivity index (χ0) is 18.1. The zero-order valence-corrected chi connectivity index (χ0v) is 14.8. The predicted molar refractivity (Wildman–Crippen MR) is 99.8 cm³/mol. The molecule has 0 unspecified atom stereocenters. The molecule has 26 heavy (non-hydrogen) atoms. The quantitative estimate of drug-likeness (QED) is 0.760. The Balaban J connectivity index is 1.80. The van der Waals surface area contributed by atoms with E-state index in [0.717, 1.165) is 48.4 Å². The number of rotatable bonds is 3. The van der Waals surface area contributed by atoms with Crippen LogP contribution in [0.1, 0.15) is 22.4 Å². The number of hydrogen-bond acceptors (Lipinski definition) is 3. The first-order valence-electron chi connectivity index (χ1n) is 8.95. The van der Waals surface area contributed by atoms with Crippen LogP contribution in [0.5, 0.6) is 5.75 Å². The Labute approximate surface area is 152 Å². The van der Waals surface area contributed by atoms with E-state index < -0.39 is 5.82 Å². The number of nitrogens with one attached hydrogen (secondary N) is 1. The van der Waals surface area contributed by atoms with Gasteiger partial charge in [0.1, 0.15) is 0 Å². The number of phenolic OH excluding ortho intramolecular Hbond substituents is 1. The Morgan fingerprint density at radius 3 is 2.65 bits per heavy atom. The first kappa shape index (κ1) is 16.8. The molecule has 1 aromatic heterocycles. The van der Waals surface area contributed by atoms with Crippen LogP contribution in [0.3, 0.4) is 0 Å². The van der Waals surface area contributed by atoms with Crippen molar-refractivity contribution in [2.75, 3.05) is 13.1 Å². The van der Waals surface area contributed by atoms with Crippen molar-refractivity contribution in [2.45, 2.75) is 26.3 Å². The van der Waals surface area contributed by atoms with Gasteiger partial charge in [-0.25, -0.2) is 4.39 Å². The molecule has 4 rings (SSSR count). The van der Waals surface area contributed by atoms with E-state index in [-0.39, 0.29) is 5.75 Å². The van der Waals surface area contributed by atoms with Crippen molar-refractivity contribution in [1.82, 2.24) is 15.1 Å². The molecular formula is C21H22FN3O. The maximum atomic E-state index is 13.7. The highest BCUT2D eigenvalue weighted by atomic mass is 19.1. The van der Waals surface area contributed by atoms with Crippen LogP contribution in [0.2, 0.25) is 0 Å². The first-order chi connectivity index (χ1) is 12.6. The predicted octanol–water partition coefficient (Wildman–Crippen LogP) is 3.44. The molecule has 2 heterocycles. The topological polar surface area (TPSA) is 50.1 Å². The van der Waals surface area contributed by atoms with Gasteiger partial charge in [0.25, 0.3) is 0 Å². The fourth-order valence-corrected chi connectivity index (χ4v) is 3.53. The molecule has 4 nitrogen and oxygen atoms in total. The number of hydrogen-bond donors (Lipinski definition) is 2. The maximum absolute atomic E-state index is 13.7. The third-order valence-electron chi connectivity index (χ3n) is 4.89. The number of benzene rings is 2. The highest BCUT2D eigenvalue weighted by Gasteiger charge is 2.21. The number of nitrogens with zero attached hydrogens (tertiary/aromatic N) is 2. The molecule has 0 aliphatic carbocycles. The van der Waals surface area contributed by atoms with Gasteiger partial charge in [-0.15, -0.1) is 0 Å². The minimum absolute atomic E-state index is 0.324. The highest BCUT2D eigenvalue weighted by molar-refractivity contribution is 5.65. The normalized spacial score (nSPS) is 14.1. The van der Waals surface area contributed by atoms with Crippen molar-refractivity contribution in [3.05, 3.63) is 70.7 Å². The average molecular weight is 351 g/mol. The number of aromatic hydroxyl groups is 1. The summed E-state index contributed by atoms with van der Waals surface area (Å²) < 4.78 is 15.7. The van der Waals surface area contributed by atoms with Crippen LogP contribution < -0.4 is 5.32 Å². The molecule has 0 amide bonds. The minimum Gasteiger partial charge on any atom is -0.505 e. The van der Waals surface area contributed by atoms with Crippen molar-refractivity contribution < 1.29 is 9.50 Å². The summed E-state index contributed by atoms with van der Waals surface area (Å²) in [6.07, 6.45) is 1.83. The van der Waals surface area contributed by atoms with Gasteiger partial charge in [0.15, 0.2) is 11.6 Å². The van der Waals surface area contributed by atoms with Gasteiger partial charge in [-0.3, -0.25) is 4.68 Å². The van der Waals surface area contributed by atoms with E-state index in [4.69, 9.17) is 5.10 Å². The lowest BCUT2D eigenvalue weighted by molar-refractivity contribution is 0.431. The molecule has 134 valence electrons. The molecular weight excluding hydrogens is 329 g/mol. The molecule has 0 radical (unpaired) electrons. The Morgan fingerprint density at radius 1 is 1.12 bits per heavy atom. The van der Waals surface area contributed by atoms with Crippen LogP contribution in [-0.2, 0) is 19.4 Å². The third kappa shape index (κ3) is 3.22. The number of fused-ring (bicyclic) bond motifs is 1. The van der Waals surface area contributed by atoms with E-state index >= 15 is 0 Å². The van der Waals surface area contributed by atoms with E-state index in [1.54, 1.807) is 6.07 Å². The van der Waals surface area contributed by atoms with Crippen molar-refractivity contribution in [2.24, 2.45) is 0 Å². The average Bonchev–Trinajstić information content (AvgIpc) is 2.80. The van der Waals surface area contributed by atoms with E-state index in [2.05, 4.69) is 36.5 Å². The van der Waals surface area contributed by atoms with E-state index in [1.807, 2.05) is 4.68 Å². The molecule has 5 heteroatoms. The van der Waals surface area contributed by atoms with Gasteiger partial charge in [0.2, 0.25) is 0 Å². The van der Waals surface area contributed by atoms with Gasteiger partial charge in [-0.1, -0.05) is 35.9 Å². The van der Waals surface area contributed by atoms with Gasteiger partial charge in [-0.2, -0.15) is 5.10 Å². The van der Waals surface area contributed by atoms with Crippen molar-refractivity contribution in [3.8, 4) is 17.0 Å². The summed E-state index contributed by atoms with van der Waals surface area (Å²) in [5.74, 6) is -0.924. The molecule has 0 bridgehead atoms. The Kier molecular flexibility index (Phi) is 4.47. The lowest BCUT2D eigenvalue weighted by Crippen LogP contribution is -2.17. The van der Waals surface area contributed by atoms with E-state index in [1.165, 1.54) is 23.3 Å². The summed E-state index contributed by atoms with van der Waals surface area (Å²) in [5.41, 5.74) is 6.63. The Bertz CT molecular complexity index is 931. The van der Waals surface area contributed by atoms with Crippen LogP contribution in [0, 0.1) is 12.7 Å². The second-order valence-electron chi connectivity index (χ2n) is 6.83. The van der Waals surface area contributed by atoms with Gasteiger partial charge in [0, 0.05) is 24.1 Å². The molecule has 0 saturated carbocycles. The number of halogens is 1. The van der Waals surface area contributed by atoms with Gasteiger partial charge in [0.05, 0.1) is 17.9 Å². The molecule has 3 aromatic rings. The van der Waals surface area contributed by atoms with Crippen LogP contribution in [0.15, 0.2) is 42.5 Å². The zero-order valence-electron chi connectivity index (χ0n) is 14.8. The van der Waals surface area contributed by atoms with Crippen LogP contribution >= 0.6 is 0 Å². The maximum Gasteiger partial charge on any atom is 0.165 e. The van der Waals surface area contributed by atoms with Crippen molar-refractivity contribution in [1.29, 1.82) is 0 Å². The summed E-state index contributed by atoms with van der Waals surface area (Å²) in [7, 11) is 0. The van der Waals surface area contributed by atoms with Crippen molar-refractivity contribution in [3.63, 3.8) is 0 Å². The largest absolute Gasteiger partial charge is 0.505 e. The summed E-state index contributed by atoms with van der Waals surface area (Å²) in [6.45, 7) is 4.40. The lowest BCUT2D eigenvalue weighted by Gasteiger charge is -2.11. The number of aryl methyl sites for hydroxylation is 1.